The molecule has 0 saturated heterocycles. The van der Waals surface area contributed by atoms with Crippen molar-refractivity contribution in [2.45, 2.75) is 226 Å². The van der Waals surface area contributed by atoms with Gasteiger partial charge in [0.15, 0.2) is 0 Å². The predicted octanol–water partition coefficient (Wildman–Crippen LogP) is 8.56. The molecule has 1 atom stereocenters. The van der Waals surface area contributed by atoms with Crippen molar-refractivity contribution in [3.63, 3.8) is 0 Å². The summed E-state index contributed by atoms with van der Waals surface area (Å²) >= 11 is 0. The summed E-state index contributed by atoms with van der Waals surface area (Å²) in [6.07, 6.45) is 41.3. The van der Waals surface area contributed by atoms with Crippen molar-refractivity contribution >= 4 is 5.97 Å². The summed E-state index contributed by atoms with van der Waals surface area (Å²) in [6.45, 7) is 9.26. The summed E-state index contributed by atoms with van der Waals surface area (Å²) in [5, 5.41) is 10.9. The van der Waals surface area contributed by atoms with Gasteiger partial charge in [-0.25, -0.2) is 0 Å². The van der Waals surface area contributed by atoms with Gasteiger partial charge in [-0.05, 0) is 52.1 Å². The molecule has 0 radical (unpaired) electrons. The normalized spacial score (nSPS) is 12.1. The van der Waals surface area contributed by atoms with E-state index in [9.17, 15) is 9.90 Å². The SMILES string of the molecule is CCCCCCCCCCCCCCCCN(CCCCCCCCCCCCCCCC)C(C)CCCC(=O)[O-].[Li+]. The van der Waals surface area contributed by atoms with Crippen LogP contribution in [0.3, 0.4) is 0 Å². The first-order valence-electron chi connectivity index (χ1n) is 19.1. The van der Waals surface area contributed by atoms with E-state index in [1.165, 1.54) is 193 Å². The quantitative estimate of drug-likeness (QED) is 0.0553. The first-order valence-corrected chi connectivity index (χ1v) is 19.1. The van der Waals surface area contributed by atoms with Gasteiger partial charge in [0.25, 0.3) is 0 Å². The van der Waals surface area contributed by atoms with Crippen molar-refractivity contribution in [2.75, 3.05) is 13.1 Å². The Kier molecular flexibility index (Phi) is 39.1. The fourth-order valence-corrected chi connectivity index (χ4v) is 6.30. The molecule has 0 aromatic rings. The van der Waals surface area contributed by atoms with Crippen molar-refractivity contribution < 1.29 is 28.8 Å². The molecule has 0 rings (SSSR count). The summed E-state index contributed by atoms with van der Waals surface area (Å²) in [7, 11) is 0. The molecule has 42 heavy (non-hydrogen) atoms. The Bertz CT molecular complexity index is 483. The van der Waals surface area contributed by atoms with Crippen LogP contribution in [0.5, 0.6) is 0 Å². The minimum absolute atomic E-state index is 0. The third-order valence-corrected chi connectivity index (χ3v) is 9.22. The minimum Gasteiger partial charge on any atom is -0.550 e. The number of aliphatic carboxylic acids is 1. The Morgan fingerprint density at radius 2 is 0.738 bits per heavy atom. The Balaban J connectivity index is 0. The van der Waals surface area contributed by atoms with Gasteiger partial charge in [0.1, 0.15) is 0 Å². The molecule has 1 unspecified atom stereocenters. The maximum atomic E-state index is 10.9. The summed E-state index contributed by atoms with van der Waals surface area (Å²) < 4.78 is 0. The number of unbranched alkanes of at least 4 members (excludes halogenated alkanes) is 26. The van der Waals surface area contributed by atoms with Crippen LogP contribution in [-0.2, 0) is 4.79 Å². The van der Waals surface area contributed by atoms with E-state index >= 15 is 0 Å². The fourth-order valence-electron chi connectivity index (χ4n) is 6.30. The van der Waals surface area contributed by atoms with Crippen LogP contribution in [-0.4, -0.2) is 30.0 Å². The molecule has 3 nitrogen and oxygen atoms in total. The van der Waals surface area contributed by atoms with Crippen molar-refractivity contribution in [3.8, 4) is 0 Å². The van der Waals surface area contributed by atoms with Crippen LogP contribution in [0.1, 0.15) is 220 Å². The van der Waals surface area contributed by atoms with Crippen molar-refractivity contribution in [1.29, 1.82) is 0 Å². The molecule has 0 aliphatic heterocycles. The summed E-state index contributed by atoms with van der Waals surface area (Å²) in [5.74, 6) is -0.900. The zero-order valence-electron chi connectivity index (χ0n) is 29.7. The van der Waals surface area contributed by atoms with Crippen LogP contribution in [0.2, 0.25) is 0 Å². The number of carboxylic acid groups (broad SMARTS) is 1. The standard InChI is InChI=1S/C38H77NO2.Li/c1-4-6-8-10-12-14-16-18-20-22-24-26-28-30-35-39(37(3)33-32-34-38(40)41)36-31-29-27-25-23-21-19-17-15-13-11-9-7-5-2;/h37H,4-36H2,1-3H3,(H,40,41);/q;+1/p-1. The predicted molar refractivity (Wildman–Crippen MR) is 181 cm³/mol. The topological polar surface area (TPSA) is 43.4 Å². The first-order chi connectivity index (χ1) is 20.1. The average molecular weight is 586 g/mol. The van der Waals surface area contributed by atoms with E-state index in [0.717, 1.165) is 12.8 Å². The third kappa shape index (κ3) is 34.5. The molecule has 0 aliphatic carbocycles. The van der Waals surface area contributed by atoms with E-state index in [4.69, 9.17) is 0 Å². The Hall–Kier alpha value is 0.0274. The summed E-state index contributed by atoms with van der Waals surface area (Å²) in [6, 6.07) is 0.485. The first kappa shape index (κ1) is 44.2. The number of nitrogens with zero attached hydrogens (tertiary/aromatic N) is 1. The van der Waals surface area contributed by atoms with Gasteiger partial charge in [-0.1, -0.05) is 181 Å². The molecule has 0 amide bonds. The Labute approximate surface area is 277 Å². The monoisotopic (exact) mass is 586 g/mol. The maximum Gasteiger partial charge on any atom is 1.00 e. The largest absolute Gasteiger partial charge is 1.00 e. The van der Waals surface area contributed by atoms with Gasteiger partial charge in [0.2, 0.25) is 0 Å². The van der Waals surface area contributed by atoms with E-state index in [2.05, 4.69) is 25.7 Å². The van der Waals surface area contributed by atoms with Crippen LogP contribution in [0.15, 0.2) is 0 Å². The number of rotatable bonds is 35. The number of carbonyl (C=O) groups is 1. The van der Waals surface area contributed by atoms with Gasteiger partial charge in [-0.2, -0.15) is 0 Å². The number of carboxylic acids is 1. The van der Waals surface area contributed by atoms with Crippen LogP contribution in [0.25, 0.3) is 0 Å². The number of hydrogen-bond acceptors (Lipinski definition) is 3. The zero-order valence-corrected chi connectivity index (χ0v) is 29.7. The maximum absolute atomic E-state index is 10.9. The molecule has 0 aliphatic rings. The molecule has 0 spiro atoms. The van der Waals surface area contributed by atoms with Gasteiger partial charge >= 0.3 is 18.9 Å². The molecular weight excluding hydrogens is 509 g/mol. The molecule has 0 heterocycles. The molecule has 0 aromatic heterocycles. The Morgan fingerprint density at radius 1 is 0.476 bits per heavy atom. The van der Waals surface area contributed by atoms with Crippen LogP contribution >= 0.6 is 0 Å². The molecule has 0 saturated carbocycles. The van der Waals surface area contributed by atoms with Crippen molar-refractivity contribution in [3.05, 3.63) is 0 Å². The molecule has 0 N–H and O–H groups in total. The second kappa shape index (κ2) is 37.2. The van der Waals surface area contributed by atoms with Crippen LogP contribution < -0.4 is 24.0 Å². The van der Waals surface area contributed by atoms with Gasteiger partial charge in [-0.3, -0.25) is 0 Å². The summed E-state index contributed by atoms with van der Waals surface area (Å²) in [5.41, 5.74) is 0. The van der Waals surface area contributed by atoms with Crippen LogP contribution in [0.4, 0.5) is 0 Å². The zero-order chi connectivity index (χ0) is 30.1. The van der Waals surface area contributed by atoms with E-state index < -0.39 is 5.97 Å². The molecule has 0 fully saturated rings. The van der Waals surface area contributed by atoms with Crippen LogP contribution in [0, 0.1) is 0 Å². The Morgan fingerprint density at radius 3 is 1.00 bits per heavy atom. The summed E-state index contributed by atoms with van der Waals surface area (Å²) in [4.78, 5) is 13.5. The minimum atomic E-state index is -0.900. The van der Waals surface area contributed by atoms with E-state index in [0.29, 0.717) is 6.04 Å². The van der Waals surface area contributed by atoms with Crippen molar-refractivity contribution in [1.82, 2.24) is 4.90 Å². The second-order valence-electron chi connectivity index (χ2n) is 13.3. The smallest absolute Gasteiger partial charge is 0.550 e. The number of carbonyl (C=O) groups excluding carboxylic acids is 1. The molecule has 0 bridgehead atoms. The molecular formula is C38H76LiNO2. The number of hydrogen-bond donors (Lipinski definition) is 0. The van der Waals surface area contributed by atoms with Gasteiger partial charge < -0.3 is 14.8 Å². The molecule has 246 valence electrons. The fraction of sp³-hybridized carbons (Fsp3) is 0.974. The third-order valence-electron chi connectivity index (χ3n) is 9.22. The average Bonchev–Trinajstić information content (AvgIpc) is 2.96. The second-order valence-corrected chi connectivity index (χ2v) is 13.3. The van der Waals surface area contributed by atoms with Gasteiger partial charge in [-0.15, -0.1) is 0 Å². The van der Waals surface area contributed by atoms with E-state index in [1.54, 1.807) is 0 Å². The van der Waals surface area contributed by atoms with E-state index in [-0.39, 0.29) is 25.3 Å². The van der Waals surface area contributed by atoms with E-state index in [1.807, 2.05) is 0 Å². The molecule has 0 aromatic carbocycles. The molecule has 4 heteroatoms. The van der Waals surface area contributed by atoms with Crippen molar-refractivity contribution in [2.24, 2.45) is 0 Å². The van der Waals surface area contributed by atoms with Gasteiger partial charge in [0, 0.05) is 12.0 Å². The van der Waals surface area contributed by atoms with Gasteiger partial charge in [0.05, 0.1) is 0 Å².